The zero-order valence-electron chi connectivity index (χ0n) is 10.5. The first-order valence-corrected chi connectivity index (χ1v) is 8.63. The molecule has 0 aliphatic heterocycles. The van der Waals surface area contributed by atoms with Crippen LogP contribution < -0.4 is 0 Å². The van der Waals surface area contributed by atoms with E-state index in [9.17, 15) is 0 Å². The second-order valence-corrected chi connectivity index (χ2v) is 7.01. The Kier molecular flexibility index (Phi) is 5.29. The lowest BCUT2D eigenvalue weighted by molar-refractivity contribution is 0.527. The standard InChI is InChI=1S/C14H14BrCl2NS/c1-10-18-11(7-19-10)6-14(8-16,9-17)12-4-2-3-5-13(12)15/h2-5,7H,6,8-9H2,1H3. The summed E-state index contributed by atoms with van der Waals surface area (Å²) in [5.74, 6) is 0.936. The van der Waals surface area contributed by atoms with Crippen molar-refractivity contribution >= 4 is 50.5 Å². The summed E-state index contributed by atoms with van der Waals surface area (Å²) in [5.41, 5.74) is 1.91. The summed E-state index contributed by atoms with van der Waals surface area (Å²) in [6.07, 6.45) is 0.757. The molecule has 1 nitrogen and oxygen atoms in total. The summed E-state index contributed by atoms with van der Waals surface area (Å²) in [4.78, 5) is 4.53. The Hall–Kier alpha value is -0.0900. The van der Waals surface area contributed by atoms with E-state index >= 15 is 0 Å². The zero-order chi connectivity index (χ0) is 13.9. The molecule has 0 aliphatic rings. The topological polar surface area (TPSA) is 12.9 Å². The Labute approximate surface area is 136 Å². The fourth-order valence-corrected chi connectivity index (χ4v) is 4.18. The van der Waals surface area contributed by atoms with Gasteiger partial charge in [0.05, 0.1) is 10.7 Å². The molecule has 0 saturated carbocycles. The van der Waals surface area contributed by atoms with E-state index in [-0.39, 0.29) is 5.41 Å². The van der Waals surface area contributed by atoms with Crippen LogP contribution in [0.15, 0.2) is 34.1 Å². The van der Waals surface area contributed by atoms with Gasteiger partial charge in [0.2, 0.25) is 0 Å². The lowest BCUT2D eigenvalue weighted by atomic mass is 9.80. The third-order valence-electron chi connectivity index (χ3n) is 3.14. The van der Waals surface area contributed by atoms with Gasteiger partial charge < -0.3 is 0 Å². The van der Waals surface area contributed by atoms with Gasteiger partial charge >= 0.3 is 0 Å². The van der Waals surface area contributed by atoms with Crippen LogP contribution >= 0.6 is 50.5 Å². The van der Waals surface area contributed by atoms with E-state index in [0.29, 0.717) is 11.8 Å². The third kappa shape index (κ3) is 3.33. The average molecular weight is 379 g/mol. The average Bonchev–Trinajstić information content (AvgIpc) is 2.82. The Balaban J connectivity index is 2.40. The van der Waals surface area contributed by atoms with Gasteiger partial charge in [-0.05, 0) is 18.6 Å². The van der Waals surface area contributed by atoms with Crippen molar-refractivity contribution in [3.05, 3.63) is 50.4 Å². The minimum Gasteiger partial charge on any atom is -0.247 e. The first-order valence-electron chi connectivity index (χ1n) is 5.89. The number of hydrogen-bond acceptors (Lipinski definition) is 2. The van der Waals surface area contributed by atoms with Crippen LogP contribution in [-0.2, 0) is 11.8 Å². The van der Waals surface area contributed by atoms with Gasteiger partial charge in [-0.2, -0.15) is 0 Å². The quantitative estimate of drug-likeness (QED) is 0.653. The highest BCUT2D eigenvalue weighted by Crippen LogP contribution is 2.36. The molecular weight excluding hydrogens is 365 g/mol. The first kappa shape index (κ1) is 15.3. The van der Waals surface area contributed by atoms with E-state index in [2.05, 4.69) is 32.4 Å². The lowest BCUT2D eigenvalue weighted by Gasteiger charge is -2.30. The second-order valence-electron chi connectivity index (χ2n) is 4.56. The van der Waals surface area contributed by atoms with Crippen molar-refractivity contribution in [2.45, 2.75) is 18.8 Å². The number of nitrogens with zero attached hydrogens (tertiary/aromatic N) is 1. The van der Waals surface area contributed by atoms with E-state index < -0.39 is 0 Å². The van der Waals surface area contributed by atoms with Gasteiger partial charge in [-0.1, -0.05) is 34.1 Å². The highest BCUT2D eigenvalue weighted by molar-refractivity contribution is 9.10. The van der Waals surface area contributed by atoms with Gasteiger partial charge in [0.15, 0.2) is 0 Å². The van der Waals surface area contributed by atoms with E-state index in [1.165, 1.54) is 0 Å². The van der Waals surface area contributed by atoms with Crippen molar-refractivity contribution in [3.63, 3.8) is 0 Å². The number of halogens is 3. The maximum atomic E-state index is 6.26. The van der Waals surface area contributed by atoms with Crippen LogP contribution in [0.1, 0.15) is 16.3 Å². The van der Waals surface area contributed by atoms with Crippen molar-refractivity contribution in [2.75, 3.05) is 11.8 Å². The van der Waals surface area contributed by atoms with Crippen LogP contribution in [0.25, 0.3) is 0 Å². The molecule has 0 bridgehead atoms. The highest BCUT2D eigenvalue weighted by Gasteiger charge is 2.33. The largest absolute Gasteiger partial charge is 0.247 e. The molecule has 19 heavy (non-hydrogen) atoms. The Morgan fingerprint density at radius 2 is 1.95 bits per heavy atom. The molecule has 0 N–H and O–H groups in total. The number of aromatic nitrogens is 1. The molecule has 0 saturated heterocycles. The highest BCUT2D eigenvalue weighted by atomic mass is 79.9. The van der Waals surface area contributed by atoms with Gasteiger partial charge in [0.1, 0.15) is 0 Å². The minimum absolute atomic E-state index is 0.288. The fraction of sp³-hybridized carbons (Fsp3) is 0.357. The molecular formula is C14H14BrCl2NS. The maximum absolute atomic E-state index is 6.26. The smallest absolute Gasteiger partial charge is 0.0897 e. The summed E-state index contributed by atoms with van der Waals surface area (Å²) in [5, 5.41) is 3.15. The molecule has 1 heterocycles. The van der Waals surface area contributed by atoms with Crippen LogP contribution in [0.4, 0.5) is 0 Å². The summed E-state index contributed by atoms with van der Waals surface area (Å²) in [6.45, 7) is 2.01. The Morgan fingerprint density at radius 1 is 1.26 bits per heavy atom. The number of aryl methyl sites for hydroxylation is 1. The number of hydrogen-bond donors (Lipinski definition) is 0. The van der Waals surface area contributed by atoms with E-state index in [4.69, 9.17) is 23.2 Å². The number of rotatable bonds is 5. The fourth-order valence-electron chi connectivity index (χ4n) is 2.10. The second kappa shape index (κ2) is 6.57. The molecule has 0 aliphatic carbocycles. The van der Waals surface area contributed by atoms with Crippen molar-refractivity contribution in [1.82, 2.24) is 4.98 Å². The monoisotopic (exact) mass is 377 g/mol. The molecule has 0 radical (unpaired) electrons. The minimum atomic E-state index is -0.288. The van der Waals surface area contributed by atoms with E-state index in [1.54, 1.807) is 11.3 Å². The van der Waals surface area contributed by atoms with Crippen LogP contribution in [0.3, 0.4) is 0 Å². The van der Waals surface area contributed by atoms with Crippen LogP contribution in [0, 0.1) is 6.92 Å². The van der Waals surface area contributed by atoms with Crippen LogP contribution in [-0.4, -0.2) is 16.7 Å². The van der Waals surface area contributed by atoms with Crippen LogP contribution in [0.2, 0.25) is 0 Å². The van der Waals surface area contributed by atoms with Crippen molar-refractivity contribution < 1.29 is 0 Å². The normalized spacial score (nSPS) is 11.8. The SMILES string of the molecule is Cc1nc(CC(CCl)(CCl)c2ccccc2Br)cs1. The van der Waals surface area contributed by atoms with Gasteiger partial charge in [-0.3, -0.25) is 0 Å². The lowest BCUT2D eigenvalue weighted by Crippen LogP contribution is -2.34. The molecule has 0 spiro atoms. The molecule has 0 fully saturated rings. The zero-order valence-corrected chi connectivity index (χ0v) is 14.4. The first-order chi connectivity index (χ1) is 9.11. The van der Waals surface area contributed by atoms with Crippen LogP contribution in [0.5, 0.6) is 0 Å². The van der Waals surface area contributed by atoms with Crippen molar-refractivity contribution in [3.8, 4) is 0 Å². The summed E-state index contributed by atoms with van der Waals surface area (Å²) in [7, 11) is 0. The molecule has 2 rings (SSSR count). The summed E-state index contributed by atoms with van der Waals surface area (Å²) < 4.78 is 1.04. The third-order valence-corrected chi connectivity index (χ3v) is 5.68. The van der Waals surface area contributed by atoms with Gasteiger partial charge in [-0.15, -0.1) is 34.5 Å². The number of benzene rings is 1. The summed E-state index contributed by atoms with van der Waals surface area (Å²) >= 11 is 17.8. The molecule has 0 amide bonds. The van der Waals surface area contributed by atoms with Gasteiger partial charge in [0, 0.05) is 33.4 Å². The molecule has 1 aromatic carbocycles. The maximum Gasteiger partial charge on any atom is 0.0897 e. The predicted molar refractivity (Wildman–Crippen MR) is 87.8 cm³/mol. The molecule has 0 unspecified atom stereocenters. The number of thiazole rings is 1. The van der Waals surface area contributed by atoms with Gasteiger partial charge in [0.25, 0.3) is 0 Å². The molecule has 102 valence electrons. The molecule has 5 heteroatoms. The van der Waals surface area contributed by atoms with E-state index in [1.807, 2.05) is 25.1 Å². The summed E-state index contributed by atoms with van der Waals surface area (Å²) in [6, 6.07) is 8.11. The van der Waals surface area contributed by atoms with Crippen molar-refractivity contribution in [1.29, 1.82) is 0 Å². The molecule has 1 aromatic heterocycles. The van der Waals surface area contributed by atoms with Gasteiger partial charge in [-0.25, -0.2) is 4.98 Å². The molecule has 0 atom stereocenters. The van der Waals surface area contributed by atoms with Crippen molar-refractivity contribution in [2.24, 2.45) is 0 Å². The number of alkyl halides is 2. The predicted octanol–water partition coefficient (Wildman–Crippen LogP) is 5.17. The molecule has 2 aromatic rings. The van der Waals surface area contributed by atoms with E-state index in [0.717, 1.165) is 27.2 Å². The Bertz CT molecular complexity index is 552. The Morgan fingerprint density at radius 3 is 2.47 bits per heavy atom.